The van der Waals surface area contributed by atoms with E-state index in [-0.39, 0.29) is 11.8 Å². The zero-order valence-corrected chi connectivity index (χ0v) is 14.0. The molecule has 0 aliphatic carbocycles. The lowest BCUT2D eigenvalue weighted by Crippen LogP contribution is -2.30. The normalized spacial score (nSPS) is 13.8. The van der Waals surface area contributed by atoms with Gasteiger partial charge in [0.05, 0.1) is 11.1 Å². The highest BCUT2D eigenvalue weighted by Crippen LogP contribution is 2.26. The maximum absolute atomic E-state index is 12.2. The van der Waals surface area contributed by atoms with Gasteiger partial charge in [0.2, 0.25) is 0 Å². The third kappa shape index (κ3) is 4.10. The van der Waals surface area contributed by atoms with E-state index in [1.807, 2.05) is 0 Å². The van der Waals surface area contributed by atoms with Crippen molar-refractivity contribution in [3.63, 3.8) is 0 Å². The Balaban J connectivity index is 1.74. The lowest BCUT2D eigenvalue weighted by atomic mass is 10.1. The number of amides is 2. The minimum atomic E-state index is -0.203. The first-order chi connectivity index (χ1) is 10.6. The van der Waals surface area contributed by atoms with Crippen molar-refractivity contribution in [3.8, 4) is 0 Å². The molecule has 0 fully saturated rings. The molecular weight excluding hydrogens is 298 g/mol. The fourth-order valence-electron chi connectivity index (χ4n) is 2.87. The number of imide groups is 1. The van der Waals surface area contributed by atoms with Gasteiger partial charge in [-0.25, -0.2) is 0 Å². The number of halogens is 1. The van der Waals surface area contributed by atoms with E-state index in [0.29, 0.717) is 22.7 Å². The second kappa shape index (κ2) is 8.33. The maximum atomic E-state index is 12.2. The van der Waals surface area contributed by atoms with Gasteiger partial charge in [0.25, 0.3) is 11.8 Å². The predicted molar refractivity (Wildman–Crippen MR) is 89.4 cm³/mol. The van der Waals surface area contributed by atoms with Crippen LogP contribution in [0.15, 0.2) is 18.2 Å². The van der Waals surface area contributed by atoms with Gasteiger partial charge in [-0.1, -0.05) is 63.5 Å². The molecule has 0 N–H and O–H groups in total. The number of hydrogen-bond acceptors (Lipinski definition) is 2. The topological polar surface area (TPSA) is 37.4 Å². The van der Waals surface area contributed by atoms with Gasteiger partial charge in [-0.3, -0.25) is 14.5 Å². The lowest BCUT2D eigenvalue weighted by Gasteiger charge is -2.13. The van der Waals surface area contributed by atoms with Crippen molar-refractivity contribution in [3.05, 3.63) is 34.3 Å². The Kier molecular flexibility index (Phi) is 6.44. The summed E-state index contributed by atoms with van der Waals surface area (Å²) < 4.78 is 0. The summed E-state index contributed by atoms with van der Waals surface area (Å²) in [6.07, 6.45) is 9.57. The van der Waals surface area contributed by atoms with Crippen molar-refractivity contribution in [2.24, 2.45) is 0 Å². The minimum Gasteiger partial charge on any atom is -0.274 e. The number of unbranched alkanes of at least 4 members (excludes halogenated alkanes) is 7. The molecule has 0 spiro atoms. The van der Waals surface area contributed by atoms with Crippen LogP contribution in [0.25, 0.3) is 0 Å². The molecule has 0 aromatic heterocycles. The number of rotatable bonds is 9. The Morgan fingerprint density at radius 3 is 2.14 bits per heavy atom. The number of carbonyl (C=O) groups excluding carboxylic acids is 2. The van der Waals surface area contributed by atoms with Crippen LogP contribution in [0.2, 0.25) is 5.02 Å². The summed E-state index contributed by atoms with van der Waals surface area (Å²) in [7, 11) is 0. The number of hydrogen-bond donors (Lipinski definition) is 0. The number of carbonyl (C=O) groups is 2. The van der Waals surface area contributed by atoms with E-state index in [9.17, 15) is 9.59 Å². The van der Waals surface area contributed by atoms with Crippen molar-refractivity contribution in [2.75, 3.05) is 6.54 Å². The summed E-state index contributed by atoms with van der Waals surface area (Å²) in [5, 5.41) is 0.494. The molecule has 1 aliphatic rings. The van der Waals surface area contributed by atoms with Crippen molar-refractivity contribution >= 4 is 23.4 Å². The molecule has 0 unspecified atom stereocenters. The van der Waals surface area contributed by atoms with E-state index in [2.05, 4.69) is 6.92 Å². The molecule has 22 heavy (non-hydrogen) atoms. The molecule has 0 radical (unpaired) electrons. The minimum absolute atomic E-state index is 0.181. The quantitative estimate of drug-likeness (QED) is 0.470. The van der Waals surface area contributed by atoms with E-state index in [1.54, 1.807) is 18.2 Å². The van der Waals surface area contributed by atoms with Gasteiger partial charge in [-0.15, -0.1) is 0 Å². The van der Waals surface area contributed by atoms with Crippen LogP contribution in [0, 0.1) is 0 Å². The molecule has 3 nitrogen and oxygen atoms in total. The van der Waals surface area contributed by atoms with Crippen LogP contribution >= 0.6 is 11.6 Å². The maximum Gasteiger partial charge on any atom is 0.261 e. The Morgan fingerprint density at radius 1 is 0.864 bits per heavy atom. The third-order valence-electron chi connectivity index (χ3n) is 4.17. The van der Waals surface area contributed by atoms with E-state index in [1.165, 1.54) is 43.4 Å². The molecule has 120 valence electrons. The molecule has 2 rings (SSSR count). The van der Waals surface area contributed by atoms with E-state index < -0.39 is 0 Å². The van der Waals surface area contributed by atoms with Crippen LogP contribution in [0.4, 0.5) is 0 Å². The molecule has 1 aromatic rings. The highest BCUT2D eigenvalue weighted by atomic mass is 35.5. The SMILES string of the molecule is CCCCCCCCCCN1C(=O)c2ccc(Cl)cc2C1=O. The summed E-state index contributed by atoms with van der Waals surface area (Å²) >= 11 is 5.90. The van der Waals surface area contributed by atoms with Crippen LogP contribution in [-0.2, 0) is 0 Å². The van der Waals surface area contributed by atoms with E-state index in [4.69, 9.17) is 11.6 Å². The fraction of sp³-hybridized carbons (Fsp3) is 0.556. The first kappa shape index (κ1) is 17.0. The molecule has 0 atom stereocenters. The first-order valence-electron chi connectivity index (χ1n) is 8.31. The monoisotopic (exact) mass is 321 g/mol. The summed E-state index contributed by atoms with van der Waals surface area (Å²) in [6, 6.07) is 4.89. The largest absolute Gasteiger partial charge is 0.274 e. The van der Waals surface area contributed by atoms with E-state index >= 15 is 0 Å². The Labute approximate surface area is 137 Å². The summed E-state index contributed by atoms with van der Waals surface area (Å²) in [5.74, 6) is -0.384. The van der Waals surface area contributed by atoms with Crippen molar-refractivity contribution in [2.45, 2.75) is 58.3 Å². The molecule has 0 bridgehead atoms. The smallest absolute Gasteiger partial charge is 0.261 e. The highest BCUT2D eigenvalue weighted by Gasteiger charge is 2.34. The van der Waals surface area contributed by atoms with Crippen LogP contribution < -0.4 is 0 Å². The molecule has 0 saturated heterocycles. The Bertz CT molecular complexity index is 542. The molecule has 1 aliphatic heterocycles. The predicted octanol–water partition coefficient (Wildman–Crippen LogP) is 5.08. The zero-order chi connectivity index (χ0) is 15.9. The van der Waals surface area contributed by atoms with Gasteiger partial charge in [0, 0.05) is 11.6 Å². The molecule has 1 heterocycles. The van der Waals surface area contributed by atoms with Crippen molar-refractivity contribution in [1.82, 2.24) is 4.90 Å². The number of benzene rings is 1. The van der Waals surface area contributed by atoms with Crippen LogP contribution in [-0.4, -0.2) is 23.3 Å². The Morgan fingerprint density at radius 2 is 1.45 bits per heavy atom. The molecule has 1 aromatic carbocycles. The zero-order valence-electron chi connectivity index (χ0n) is 13.2. The third-order valence-corrected chi connectivity index (χ3v) is 4.40. The average molecular weight is 322 g/mol. The molecule has 4 heteroatoms. The van der Waals surface area contributed by atoms with Gasteiger partial charge < -0.3 is 0 Å². The fourth-order valence-corrected chi connectivity index (χ4v) is 3.04. The van der Waals surface area contributed by atoms with Crippen molar-refractivity contribution in [1.29, 1.82) is 0 Å². The highest BCUT2D eigenvalue weighted by molar-refractivity contribution is 6.32. The first-order valence-corrected chi connectivity index (χ1v) is 8.68. The molecule has 0 saturated carbocycles. The van der Waals surface area contributed by atoms with Crippen molar-refractivity contribution < 1.29 is 9.59 Å². The second-order valence-electron chi connectivity index (χ2n) is 5.93. The molecular formula is C18H24ClNO2. The molecule has 2 amide bonds. The Hall–Kier alpha value is -1.35. The van der Waals surface area contributed by atoms with E-state index in [0.717, 1.165) is 12.8 Å². The van der Waals surface area contributed by atoms with Gasteiger partial charge >= 0.3 is 0 Å². The van der Waals surface area contributed by atoms with Gasteiger partial charge in [0.15, 0.2) is 0 Å². The van der Waals surface area contributed by atoms with Crippen LogP contribution in [0.5, 0.6) is 0 Å². The van der Waals surface area contributed by atoms with Gasteiger partial charge in [-0.05, 0) is 24.6 Å². The van der Waals surface area contributed by atoms with Gasteiger partial charge in [0.1, 0.15) is 0 Å². The summed E-state index contributed by atoms with van der Waals surface area (Å²) in [6.45, 7) is 2.73. The number of fused-ring (bicyclic) bond motifs is 1. The van der Waals surface area contributed by atoms with Crippen LogP contribution in [0.3, 0.4) is 0 Å². The standard InChI is InChI=1S/C18H24ClNO2/c1-2-3-4-5-6-7-8-9-12-20-17(21)15-11-10-14(19)13-16(15)18(20)22/h10-11,13H,2-9,12H2,1H3. The number of nitrogens with zero attached hydrogens (tertiary/aromatic N) is 1. The summed E-state index contributed by atoms with van der Waals surface area (Å²) in [4.78, 5) is 25.8. The van der Waals surface area contributed by atoms with Crippen LogP contribution in [0.1, 0.15) is 79.0 Å². The average Bonchev–Trinajstić information content (AvgIpc) is 2.74. The second-order valence-corrected chi connectivity index (χ2v) is 6.36. The van der Waals surface area contributed by atoms with Gasteiger partial charge in [-0.2, -0.15) is 0 Å². The summed E-state index contributed by atoms with van der Waals surface area (Å²) in [5.41, 5.74) is 0.922. The lowest BCUT2D eigenvalue weighted by molar-refractivity contribution is 0.0651.